The molecule has 6 nitrogen and oxygen atoms in total. The van der Waals surface area contributed by atoms with Crippen LogP contribution in [-0.2, 0) is 9.53 Å². The second-order valence-electron chi connectivity index (χ2n) is 5.85. The fourth-order valence-electron chi connectivity index (χ4n) is 3.01. The first-order valence-corrected chi connectivity index (χ1v) is 8.20. The molecular formula is C18H25NO5. The van der Waals surface area contributed by atoms with Crippen molar-refractivity contribution in [2.45, 2.75) is 26.7 Å². The molecule has 6 heteroatoms. The molecule has 1 fully saturated rings. The van der Waals surface area contributed by atoms with E-state index in [9.17, 15) is 9.59 Å². The molecular weight excluding hydrogens is 310 g/mol. The molecule has 1 amide bonds. The predicted molar refractivity (Wildman–Crippen MR) is 89.5 cm³/mol. The van der Waals surface area contributed by atoms with E-state index in [2.05, 4.69) is 0 Å². The third kappa shape index (κ3) is 3.80. The maximum atomic E-state index is 12.8. The topological polar surface area (TPSA) is 65.1 Å². The van der Waals surface area contributed by atoms with Crippen LogP contribution in [-0.4, -0.2) is 50.7 Å². The molecule has 0 bridgehead atoms. The minimum absolute atomic E-state index is 0.124. The smallest absolute Gasteiger partial charge is 0.310 e. The molecule has 0 saturated carbocycles. The van der Waals surface area contributed by atoms with Crippen molar-refractivity contribution in [1.29, 1.82) is 0 Å². The molecule has 0 radical (unpaired) electrons. The maximum Gasteiger partial charge on any atom is 0.310 e. The van der Waals surface area contributed by atoms with Gasteiger partial charge in [0.05, 0.1) is 26.7 Å². The number of carbonyl (C=O) groups excluding carboxylic acids is 2. The number of rotatable bonds is 5. The molecule has 0 aliphatic carbocycles. The van der Waals surface area contributed by atoms with E-state index in [0.717, 1.165) is 18.4 Å². The molecule has 1 aromatic rings. The Bertz CT molecular complexity index is 588. The molecule has 1 aliphatic rings. The summed E-state index contributed by atoms with van der Waals surface area (Å²) in [4.78, 5) is 26.5. The van der Waals surface area contributed by atoms with Crippen molar-refractivity contribution in [3.05, 3.63) is 23.3 Å². The van der Waals surface area contributed by atoms with E-state index in [1.165, 1.54) is 0 Å². The summed E-state index contributed by atoms with van der Waals surface area (Å²) in [6.07, 6.45) is 1.54. The molecule has 24 heavy (non-hydrogen) atoms. The van der Waals surface area contributed by atoms with Crippen molar-refractivity contribution in [3.8, 4) is 11.5 Å². The van der Waals surface area contributed by atoms with Crippen LogP contribution in [0.15, 0.2) is 12.1 Å². The van der Waals surface area contributed by atoms with E-state index in [1.54, 1.807) is 38.2 Å². The third-order valence-corrected chi connectivity index (χ3v) is 4.33. The van der Waals surface area contributed by atoms with E-state index in [4.69, 9.17) is 14.2 Å². The predicted octanol–water partition coefficient (Wildman–Crippen LogP) is 2.43. The minimum Gasteiger partial charge on any atom is -0.496 e. The number of ether oxygens (including phenoxy) is 3. The summed E-state index contributed by atoms with van der Waals surface area (Å²) in [7, 11) is 3.13. The Hall–Kier alpha value is -2.24. The van der Waals surface area contributed by atoms with Crippen LogP contribution in [0, 0.1) is 12.8 Å². The van der Waals surface area contributed by atoms with Crippen LogP contribution in [0.1, 0.15) is 35.7 Å². The number of likely N-dealkylation sites (tertiary alicyclic amines) is 1. The van der Waals surface area contributed by atoms with Gasteiger partial charge in [0.25, 0.3) is 5.91 Å². The lowest BCUT2D eigenvalue weighted by molar-refractivity contribution is -0.149. The lowest BCUT2D eigenvalue weighted by Crippen LogP contribution is -2.42. The van der Waals surface area contributed by atoms with Gasteiger partial charge in [0.15, 0.2) is 0 Å². The number of carbonyl (C=O) groups is 2. The van der Waals surface area contributed by atoms with Gasteiger partial charge in [-0.2, -0.15) is 0 Å². The van der Waals surface area contributed by atoms with Gasteiger partial charge in [-0.3, -0.25) is 9.59 Å². The molecule has 132 valence electrons. The summed E-state index contributed by atoms with van der Waals surface area (Å²) in [6.45, 7) is 5.04. The van der Waals surface area contributed by atoms with Gasteiger partial charge in [-0.25, -0.2) is 0 Å². The van der Waals surface area contributed by atoms with E-state index in [1.807, 2.05) is 6.92 Å². The zero-order valence-corrected chi connectivity index (χ0v) is 14.8. The summed E-state index contributed by atoms with van der Waals surface area (Å²) in [5.41, 5.74) is 1.35. The van der Waals surface area contributed by atoms with Crippen LogP contribution in [0.5, 0.6) is 11.5 Å². The highest BCUT2D eigenvalue weighted by atomic mass is 16.5. The first-order chi connectivity index (χ1) is 11.5. The molecule has 1 aromatic carbocycles. The molecule has 0 N–H and O–H groups in total. The quantitative estimate of drug-likeness (QED) is 0.773. The largest absolute Gasteiger partial charge is 0.496 e. The van der Waals surface area contributed by atoms with Crippen molar-refractivity contribution in [3.63, 3.8) is 0 Å². The first kappa shape index (κ1) is 18.1. The average molecular weight is 335 g/mol. The Morgan fingerprint density at radius 2 is 1.83 bits per heavy atom. The third-order valence-electron chi connectivity index (χ3n) is 4.33. The average Bonchev–Trinajstić information content (AvgIpc) is 2.61. The standard InChI is InChI=1S/C18H25NO5/c1-5-24-18(21)13-7-6-8-19(11-13)17(20)14-9-15(22-3)12(2)16(10-14)23-4/h9-10,13H,5-8,11H2,1-4H3/t13-/m0/s1. The van der Waals surface area contributed by atoms with Gasteiger partial charge in [0.1, 0.15) is 11.5 Å². The highest BCUT2D eigenvalue weighted by molar-refractivity contribution is 5.95. The molecule has 0 aromatic heterocycles. The Labute approximate surface area is 142 Å². The van der Waals surface area contributed by atoms with Gasteiger partial charge in [-0.05, 0) is 38.8 Å². The zero-order valence-electron chi connectivity index (χ0n) is 14.8. The second kappa shape index (κ2) is 8.04. The number of nitrogens with zero attached hydrogens (tertiary/aromatic N) is 1. The van der Waals surface area contributed by atoms with Crippen molar-refractivity contribution in [2.75, 3.05) is 33.9 Å². The Kier molecular flexibility index (Phi) is 6.06. The highest BCUT2D eigenvalue weighted by Gasteiger charge is 2.30. The molecule has 0 unspecified atom stereocenters. The van der Waals surface area contributed by atoms with Gasteiger partial charge >= 0.3 is 5.97 Å². The van der Waals surface area contributed by atoms with E-state index >= 15 is 0 Å². The Morgan fingerprint density at radius 3 is 2.38 bits per heavy atom. The highest BCUT2D eigenvalue weighted by Crippen LogP contribution is 2.30. The normalized spacial score (nSPS) is 17.3. The van der Waals surface area contributed by atoms with Crippen LogP contribution in [0.2, 0.25) is 0 Å². The van der Waals surface area contributed by atoms with E-state index in [-0.39, 0.29) is 17.8 Å². The maximum absolute atomic E-state index is 12.8. The number of esters is 1. The molecule has 1 heterocycles. The number of methoxy groups -OCH3 is 2. The lowest BCUT2D eigenvalue weighted by Gasteiger charge is -2.31. The van der Waals surface area contributed by atoms with Crippen molar-refractivity contribution >= 4 is 11.9 Å². The number of benzene rings is 1. The number of piperidine rings is 1. The van der Waals surface area contributed by atoms with Crippen molar-refractivity contribution < 1.29 is 23.8 Å². The summed E-state index contributed by atoms with van der Waals surface area (Å²) in [5, 5.41) is 0. The molecule has 1 aliphatic heterocycles. The van der Waals surface area contributed by atoms with Gasteiger partial charge < -0.3 is 19.1 Å². The van der Waals surface area contributed by atoms with Gasteiger partial charge in [-0.1, -0.05) is 0 Å². The molecule has 1 atom stereocenters. The van der Waals surface area contributed by atoms with Gasteiger partial charge in [-0.15, -0.1) is 0 Å². The van der Waals surface area contributed by atoms with Crippen molar-refractivity contribution in [2.24, 2.45) is 5.92 Å². The van der Waals surface area contributed by atoms with Crippen LogP contribution in [0.25, 0.3) is 0 Å². The monoisotopic (exact) mass is 335 g/mol. The zero-order chi connectivity index (χ0) is 17.7. The van der Waals surface area contributed by atoms with Gasteiger partial charge in [0, 0.05) is 24.2 Å². The van der Waals surface area contributed by atoms with E-state index in [0.29, 0.717) is 36.8 Å². The van der Waals surface area contributed by atoms with Crippen LogP contribution in [0.4, 0.5) is 0 Å². The lowest BCUT2D eigenvalue weighted by atomic mass is 9.97. The molecule has 2 rings (SSSR count). The van der Waals surface area contributed by atoms with E-state index < -0.39 is 0 Å². The minimum atomic E-state index is -0.253. The fourth-order valence-corrected chi connectivity index (χ4v) is 3.01. The van der Waals surface area contributed by atoms with Gasteiger partial charge in [0.2, 0.25) is 0 Å². The van der Waals surface area contributed by atoms with Crippen LogP contribution in [0.3, 0.4) is 0 Å². The number of hydrogen-bond donors (Lipinski definition) is 0. The summed E-state index contributed by atoms with van der Waals surface area (Å²) >= 11 is 0. The fraction of sp³-hybridized carbons (Fsp3) is 0.556. The SMILES string of the molecule is CCOC(=O)[C@H]1CCCN(C(=O)c2cc(OC)c(C)c(OC)c2)C1. The molecule has 0 spiro atoms. The molecule has 1 saturated heterocycles. The number of hydrogen-bond acceptors (Lipinski definition) is 5. The summed E-state index contributed by atoms with van der Waals surface area (Å²) in [6, 6.07) is 3.43. The Morgan fingerprint density at radius 1 is 1.21 bits per heavy atom. The second-order valence-corrected chi connectivity index (χ2v) is 5.85. The van der Waals surface area contributed by atoms with Crippen LogP contribution < -0.4 is 9.47 Å². The Balaban J connectivity index is 2.20. The summed E-state index contributed by atoms with van der Waals surface area (Å²) in [5.74, 6) is 0.611. The summed E-state index contributed by atoms with van der Waals surface area (Å²) < 4.78 is 15.8. The van der Waals surface area contributed by atoms with Crippen molar-refractivity contribution in [1.82, 2.24) is 4.90 Å². The number of amides is 1. The van der Waals surface area contributed by atoms with Crippen LogP contribution >= 0.6 is 0 Å². The first-order valence-electron chi connectivity index (χ1n) is 8.20.